The summed E-state index contributed by atoms with van der Waals surface area (Å²) in [6.45, 7) is 3.50. The van der Waals surface area contributed by atoms with Crippen LogP contribution in [-0.2, 0) is 11.3 Å². The van der Waals surface area contributed by atoms with E-state index in [1.165, 1.54) is 6.39 Å². The number of ether oxygens (including phenoxy) is 1. The Morgan fingerprint density at radius 3 is 3.09 bits per heavy atom. The maximum Gasteiger partial charge on any atom is 0.273 e. The summed E-state index contributed by atoms with van der Waals surface area (Å²) in [6.07, 6.45) is 5.05. The van der Waals surface area contributed by atoms with Gasteiger partial charge in [0.1, 0.15) is 11.6 Å². The lowest BCUT2D eigenvalue weighted by Gasteiger charge is -2.20. The number of nitrogens with zero attached hydrogens (tertiary/aromatic N) is 3. The zero-order chi connectivity index (χ0) is 15.4. The molecular weight excluding hydrogens is 284 g/mol. The molecule has 22 heavy (non-hydrogen) atoms. The highest BCUT2D eigenvalue weighted by atomic mass is 16.5. The van der Waals surface area contributed by atoms with Crippen molar-refractivity contribution in [3.05, 3.63) is 41.6 Å². The SMILES string of the molecule is Cc1ocnc1C(=O)NCc1ccnc([C@H]2CCCOC2)n1. The van der Waals surface area contributed by atoms with E-state index in [9.17, 15) is 4.79 Å². The number of rotatable bonds is 4. The largest absolute Gasteiger partial charge is 0.448 e. The summed E-state index contributed by atoms with van der Waals surface area (Å²) in [5.41, 5.74) is 1.07. The van der Waals surface area contributed by atoms with Crippen LogP contribution in [0.4, 0.5) is 0 Å². The first kappa shape index (κ1) is 14.6. The van der Waals surface area contributed by atoms with Crippen LogP contribution in [0.1, 0.15) is 46.5 Å². The van der Waals surface area contributed by atoms with Crippen LogP contribution >= 0.6 is 0 Å². The van der Waals surface area contributed by atoms with Crippen molar-refractivity contribution in [2.45, 2.75) is 32.2 Å². The van der Waals surface area contributed by atoms with Crippen molar-refractivity contribution >= 4 is 5.91 Å². The van der Waals surface area contributed by atoms with Crippen LogP contribution in [0.15, 0.2) is 23.1 Å². The number of amides is 1. The van der Waals surface area contributed by atoms with Crippen LogP contribution in [-0.4, -0.2) is 34.1 Å². The number of hydrogen-bond donors (Lipinski definition) is 1. The van der Waals surface area contributed by atoms with Gasteiger partial charge in [0.25, 0.3) is 5.91 Å². The van der Waals surface area contributed by atoms with Crippen molar-refractivity contribution in [2.75, 3.05) is 13.2 Å². The van der Waals surface area contributed by atoms with E-state index in [1.807, 2.05) is 0 Å². The summed E-state index contributed by atoms with van der Waals surface area (Å²) in [6, 6.07) is 1.79. The standard InChI is InChI=1S/C15H18N4O3/c1-10-13(18-9-22-10)15(20)17-7-12-4-5-16-14(19-12)11-3-2-6-21-8-11/h4-5,9,11H,2-3,6-8H2,1H3,(H,17,20)/t11-/m0/s1. The van der Waals surface area contributed by atoms with Crippen molar-refractivity contribution in [3.63, 3.8) is 0 Å². The second kappa shape index (κ2) is 6.65. The smallest absolute Gasteiger partial charge is 0.273 e. The number of carbonyl (C=O) groups excluding carboxylic acids is 1. The van der Waals surface area contributed by atoms with Gasteiger partial charge in [-0.25, -0.2) is 15.0 Å². The number of aryl methyl sites for hydroxylation is 1. The molecule has 7 nitrogen and oxygen atoms in total. The summed E-state index contributed by atoms with van der Waals surface area (Å²) in [5, 5.41) is 2.79. The number of nitrogens with one attached hydrogen (secondary N) is 1. The van der Waals surface area contributed by atoms with Gasteiger partial charge >= 0.3 is 0 Å². The minimum absolute atomic E-state index is 0.238. The quantitative estimate of drug-likeness (QED) is 0.922. The Labute approximate surface area is 128 Å². The van der Waals surface area contributed by atoms with Crippen molar-refractivity contribution in [3.8, 4) is 0 Å². The Kier molecular flexibility index (Phi) is 4.43. The summed E-state index contributed by atoms with van der Waals surface area (Å²) in [5.74, 6) is 1.25. The molecule has 0 radical (unpaired) electrons. The predicted molar refractivity (Wildman–Crippen MR) is 77.2 cm³/mol. The molecule has 1 N–H and O–H groups in total. The Morgan fingerprint density at radius 2 is 2.36 bits per heavy atom. The molecule has 0 saturated carbocycles. The molecule has 0 bridgehead atoms. The van der Waals surface area contributed by atoms with Crippen molar-refractivity contribution in [1.29, 1.82) is 0 Å². The summed E-state index contributed by atoms with van der Waals surface area (Å²) >= 11 is 0. The van der Waals surface area contributed by atoms with Gasteiger partial charge < -0.3 is 14.5 Å². The third kappa shape index (κ3) is 3.30. The summed E-state index contributed by atoms with van der Waals surface area (Å²) in [7, 11) is 0. The highest BCUT2D eigenvalue weighted by molar-refractivity contribution is 5.92. The molecule has 1 fully saturated rings. The van der Waals surface area contributed by atoms with Crippen LogP contribution in [0.3, 0.4) is 0 Å². The van der Waals surface area contributed by atoms with Gasteiger partial charge in [-0.2, -0.15) is 0 Å². The predicted octanol–water partition coefficient (Wildman–Crippen LogP) is 1.60. The molecule has 1 saturated heterocycles. The van der Waals surface area contributed by atoms with Crippen LogP contribution < -0.4 is 5.32 Å². The Bertz CT molecular complexity index is 650. The third-order valence-corrected chi connectivity index (χ3v) is 3.65. The number of hydrogen-bond acceptors (Lipinski definition) is 6. The van der Waals surface area contributed by atoms with Gasteiger partial charge in [0.2, 0.25) is 0 Å². The lowest BCUT2D eigenvalue weighted by Crippen LogP contribution is -2.25. The molecule has 1 amide bonds. The second-order valence-electron chi connectivity index (χ2n) is 5.26. The van der Waals surface area contributed by atoms with E-state index >= 15 is 0 Å². The highest BCUT2D eigenvalue weighted by Gasteiger charge is 2.19. The van der Waals surface area contributed by atoms with E-state index in [2.05, 4.69) is 20.3 Å². The maximum absolute atomic E-state index is 12.0. The van der Waals surface area contributed by atoms with E-state index in [1.54, 1.807) is 19.2 Å². The molecule has 1 aliphatic rings. The fraction of sp³-hybridized carbons (Fsp3) is 0.467. The normalized spacial score (nSPS) is 18.1. The Morgan fingerprint density at radius 1 is 1.45 bits per heavy atom. The van der Waals surface area contributed by atoms with E-state index in [4.69, 9.17) is 9.15 Å². The van der Waals surface area contributed by atoms with E-state index in [-0.39, 0.29) is 11.8 Å². The first-order valence-corrected chi connectivity index (χ1v) is 7.32. The van der Waals surface area contributed by atoms with Crippen molar-refractivity contribution in [2.24, 2.45) is 0 Å². The first-order chi connectivity index (χ1) is 10.7. The average Bonchev–Trinajstić information content (AvgIpc) is 3.00. The molecule has 0 spiro atoms. The Balaban J connectivity index is 1.63. The molecule has 1 atom stereocenters. The number of aromatic nitrogens is 3. The molecule has 2 aromatic rings. The maximum atomic E-state index is 12.0. The second-order valence-corrected chi connectivity index (χ2v) is 5.26. The van der Waals surface area contributed by atoms with Gasteiger partial charge in [0.05, 0.1) is 18.8 Å². The van der Waals surface area contributed by atoms with Gasteiger partial charge in [0.15, 0.2) is 12.1 Å². The zero-order valence-electron chi connectivity index (χ0n) is 12.4. The summed E-state index contributed by atoms with van der Waals surface area (Å²) < 4.78 is 10.5. The molecule has 3 heterocycles. The molecule has 2 aromatic heterocycles. The first-order valence-electron chi connectivity index (χ1n) is 7.32. The fourth-order valence-electron chi connectivity index (χ4n) is 2.43. The highest BCUT2D eigenvalue weighted by Crippen LogP contribution is 2.22. The molecule has 1 aliphatic heterocycles. The minimum atomic E-state index is -0.271. The number of oxazole rings is 1. The molecule has 7 heteroatoms. The van der Waals surface area contributed by atoms with Gasteiger partial charge in [-0.15, -0.1) is 0 Å². The molecule has 0 aromatic carbocycles. The lowest BCUT2D eigenvalue weighted by molar-refractivity contribution is 0.0779. The fourth-order valence-corrected chi connectivity index (χ4v) is 2.43. The van der Waals surface area contributed by atoms with E-state index < -0.39 is 0 Å². The third-order valence-electron chi connectivity index (χ3n) is 3.65. The van der Waals surface area contributed by atoms with E-state index in [0.29, 0.717) is 24.6 Å². The number of carbonyl (C=O) groups is 1. The topological polar surface area (TPSA) is 90.1 Å². The van der Waals surface area contributed by atoms with Gasteiger partial charge in [0, 0.05) is 18.7 Å². The van der Waals surface area contributed by atoms with Crippen LogP contribution in [0.5, 0.6) is 0 Å². The Hall–Kier alpha value is -2.28. The van der Waals surface area contributed by atoms with E-state index in [0.717, 1.165) is 31.0 Å². The average molecular weight is 302 g/mol. The summed E-state index contributed by atoms with van der Waals surface area (Å²) in [4.78, 5) is 24.7. The molecule has 116 valence electrons. The van der Waals surface area contributed by atoms with Crippen LogP contribution in [0.25, 0.3) is 0 Å². The zero-order valence-corrected chi connectivity index (χ0v) is 12.4. The van der Waals surface area contributed by atoms with Gasteiger partial charge in [-0.05, 0) is 25.8 Å². The molecule has 0 aliphatic carbocycles. The van der Waals surface area contributed by atoms with Gasteiger partial charge in [-0.3, -0.25) is 4.79 Å². The molecule has 0 unspecified atom stereocenters. The molecular formula is C15H18N4O3. The van der Waals surface area contributed by atoms with Crippen molar-refractivity contribution < 1.29 is 13.9 Å². The van der Waals surface area contributed by atoms with Crippen molar-refractivity contribution in [1.82, 2.24) is 20.3 Å². The molecule has 3 rings (SSSR count). The van der Waals surface area contributed by atoms with Crippen LogP contribution in [0, 0.1) is 6.92 Å². The monoisotopic (exact) mass is 302 g/mol. The lowest BCUT2D eigenvalue weighted by atomic mass is 10.0. The van der Waals surface area contributed by atoms with Gasteiger partial charge in [-0.1, -0.05) is 0 Å². The van der Waals surface area contributed by atoms with Crippen LogP contribution in [0.2, 0.25) is 0 Å². The minimum Gasteiger partial charge on any atom is -0.448 e.